The molecule has 0 aliphatic rings. The second kappa shape index (κ2) is 5.60. The number of nitrogens with one attached hydrogen (secondary N) is 1. The first-order chi connectivity index (χ1) is 8.45. The molecule has 8 nitrogen and oxygen atoms in total. The number of aliphatic hydroxyl groups is 1. The maximum Gasteiger partial charge on any atom is 0.287 e. The van der Waals surface area contributed by atoms with Crippen LogP contribution in [-0.2, 0) is 4.79 Å². The highest BCUT2D eigenvalue weighted by molar-refractivity contribution is 5.79. The van der Waals surface area contributed by atoms with Gasteiger partial charge in [-0.15, -0.1) is 0 Å². The molecule has 0 radical (unpaired) electrons. The van der Waals surface area contributed by atoms with Crippen molar-refractivity contribution in [2.75, 3.05) is 11.9 Å². The molecule has 4 N–H and O–H groups in total. The summed E-state index contributed by atoms with van der Waals surface area (Å²) in [5, 5.41) is 31.1. The van der Waals surface area contributed by atoms with Crippen LogP contribution in [0.4, 0.5) is 11.4 Å². The molecule has 0 aliphatic carbocycles. The molecule has 1 atom stereocenters. The van der Waals surface area contributed by atoms with Crippen molar-refractivity contribution in [1.29, 1.82) is 5.26 Å². The molecule has 8 heteroatoms. The topological polar surface area (TPSA) is 142 Å². The van der Waals surface area contributed by atoms with Gasteiger partial charge in [-0.1, -0.05) is 0 Å². The number of hydrogen-bond acceptors (Lipinski definition) is 6. The summed E-state index contributed by atoms with van der Waals surface area (Å²) in [6, 6.07) is 5.48. The molecular weight excluding hydrogens is 240 g/mol. The van der Waals surface area contributed by atoms with Crippen LogP contribution in [0.15, 0.2) is 18.2 Å². The summed E-state index contributed by atoms with van der Waals surface area (Å²) < 4.78 is 0. The van der Waals surface area contributed by atoms with E-state index in [-0.39, 0.29) is 17.8 Å². The van der Waals surface area contributed by atoms with E-state index in [9.17, 15) is 14.9 Å². The molecule has 1 aromatic rings. The molecule has 0 aromatic heterocycles. The van der Waals surface area contributed by atoms with E-state index < -0.39 is 16.9 Å². The minimum absolute atomic E-state index is 0.112. The Morgan fingerprint density at radius 1 is 1.67 bits per heavy atom. The van der Waals surface area contributed by atoms with Crippen LogP contribution in [0.2, 0.25) is 0 Å². The van der Waals surface area contributed by atoms with E-state index in [2.05, 4.69) is 5.32 Å². The van der Waals surface area contributed by atoms with Gasteiger partial charge in [-0.3, -0.25) is 14.9 Å². The third-order valence-electron chi connectivity index (χ3n) is 2.14. The second-order valence-electron chi connectivity index (χ2n) is 3.40. The summed E-state index contributed by atoms with van der Waals surface area (Å²) in [7, 11) is 0. The first kappa shape index (κ1) is 13.4. The zero-order valence-electron chi connectivity index (χ0n) is 9.16. The number of nitriles is 1. The predicted molar refractivity (Wildman–Crippen MR) is 61.5 cm³/mol. The SMILES string of the molecule is N#Cc1cc(NCC(O)C(N)=O)ccc1[N+](=O)[O-]. The largest absolute Gasteiger partial charge is 0.382 e. The number of carbonyl (C=O) groups is 1. The van der Waals surface area contributed by atoms with E-state index in [1.165, 1.54) is 12.1 Å². The lowest BCUT2D eigenvalue weighted by Crippen LogP contribution is -2.34. The summed E-state index contributed by atoms with van der Waals surface area (Å²) >= 11 is 0. The van der Waals surface area contributed by atoms with Gasteiger partial charge in [0.25, 0.3) is 5.69 Å². The highest BCUT2D eigenvalue weighted by Crippen LogP contribution is 2.21. The van der Waals surface area contributed by atoms with Gasteiger partial charge in [0.05, 0.1) is 4.92 Å². The normalized spacial score (nSPS) is 11.3. The first-order valence-electron chi connectivity index (χ1n) is 4.85. The fraction of sp³-hybridized carbons (Fsp3) is 0.200. The summed E-state index contributed by atoms with van der Waals surface area (Å²) in [4.78, 5) is 20.5. The van der Waals surface area contributed by atoms with Crippen LogP contribution < -0.4 is 11.1 Å². The lowest BCUT2D eigenvalue weighted by Gasteiger charge is -2.09. The summed E-state index contributed by atoms with van der Waals surface area (Å²) in [6.45, 7) is -0.141. The second-order valence-corrected chi connectivity index (χ2v) is 3.40. The average Bonchev–Trinajstić information content (AvgIpc) is 2.34. The van der Waals surface area contributed by atoms with E-state index in [0.29, 0.717) is 5.69 Å². The Kier molecular flexibility index (Phi) is 4.17. The van der Waals surface area contributed by atoms with Gasteiger partial charge in [-0.05, 0) is 12.1 Å². The number of hydrogen-bond donors (Lipinski definition) is 3. The maximum atomic E-state index is 10.6. The number of rotatable bonds is 5. The van der Waals surface area contributed by atoms with Gasteiger partial charge in [-0.25, -0.2) is 0 Å². The molecule has 1 aromatic carbocycles. The van der Waals surface area contributed by atoms with Gasteiger partial charge in [-0.2, -0.15) is 5.26 Å². The van der Waals surface area contributed by atoms with Crippen LogP contribution >= 0.6 is 0 Å². The molecule has 0 fully saturated rings. The first-order valence-corrected chi connectivity index (χ1v) is 4.85. The molecule has 1 amide bonds. The highest BCUT2D eigenvalue weighted by atomic mass is 16.6. The molecule has 0 aliphatic heterocycles. The van der Waals surface area contributed by atoms with Crippen LogP contribution in [0.1, 0.15) is 5.56 Å². The number of nitrogens with two attached hydrogens (primary N) is 1. The maximum absolute atomic E-state index is 10.6. The van der Waals surface area contributed by atoms with E-state index in [0.717, 1.165) is 6.07 Å². The van der Waals surface area contributed by atoms with Crippen molar-refractivity contribution in [1.82, 2.24) is 0 Å². The lowest BCUT2D eigenvalue weighted by molar-refractivity contribution is -0.385. The summed E-state index contributed by atoms with van der Waals surface area (Å²) in [6.07, 6.45) is -1.37. The summed E-state index contributed by atoms with van der Waals surface area (Å²) in [5.41, 5.74) is 4.80. The molecule has 0 heterocycles. The molecule has 0 bridgehead atoms. The molecule has 1 rings (SSSR count). The van der Waals surface area contributed by atoms with Gasteiger partial charge in [0.15, 0.2) is 0 Å². The Morgan fingerprint density at radius 2 is 2.33 bits per heavy atom. The van der Waals surface area contributed by atoms with Crippen LogP contribution in [-0.4, -0.2) is 28.6 Å². The van der Waals surface area contributed by atoms with E-state index in [1.54, 1.807) is 6.07 Å². The molecule has 0 saturated heterocycles. The Hall–Kier alpha value is -2.66. The number of primary amides is 1. The van der Waals surface area contributed by atoms with Gasteiger partial charge in [0.1, 0.15) is 17.7 Å². The minimum atomic E-state index is -1.37. The van der Waals surface area contributed by atoms with Crippen molar-refractivity contribution in [2.24, 2.45) is 5.73 Å². The van der Waals surface area contributed by atoms with Gasteiger partial charge in [0.2, 0.25) is 5.91 Å². The number of anilines is 1. The number of nitro benzene ring substituents is 1. The zero-order chi connectivity index (χ0) is 13.7. The third-order valence-corrected chi connectivity index (χ3v) is 2.14. The van der Waals surface area contributed by atoms with Gasteiger partial charge < -0.3 is 16.2 Å². The molecule has 18 heavy (non-hydrogen) atoms. The quantitative estimate of drug-likeness (QED) is 0.484. The number of aliphatic hydroxyl groups excluding tert-OH is 1. The van der Waals surface area contributed by atoms with Crippen LogP contribution in [0, 0.1) is 21.4 Å². The third kappa shape index (κ3) is 3.16. The van der Waals surface area contributed by atoms with Crippen LogP contribution in [0.3, 0.4) is 0 Å². The number of benzene rings is 1. The number of nitrogens with zero attached hydrogens (tertiary/aromatic N) is 2. The molecule has 0 saturated carbocycles. The van der Waals surface area contributed by atoms with E-state index >= 15 is 0 Å². The molecule has 0 spiro atoms. The Balaban J connectivity index is 2.84. The number of amides is 1. The fourth-order valence-corrected chi connectivity index (χ4v) is 1.21. The van der Waals surface area contributed by atoms with Gasteiger partial charge >= 0.3 is 0 Å². The van der Waals surface area contributed by atoms with Crippen molar-refractivity contribution >= 4 is 17.3 Å². The standard InChI is InChI=1S/C10H10N4O4/c11-4-6-3-7(1-2-8(6)14(17)18)13-5-9(15)10(12)16/h1-3,9,13,15H,5H2,(H2,12,16). The van der Waals surface area contributed by atoms with Crippen molar-refractivity contribution in [3.8, 4) is 6.07 Å². The Labute approximate surface area is 102 Å². The number of nitro groups is 1. The van der Waals surface area contributed by atoms with Crippen molar-refractivity contribution in [2.45, 2.75) is 6.10 Å². The lowest BCUT2D eigenvalue weighted by atomic mass is 10.1. The van der Waals surface area contributed by atoms with Crippen molar-refractivity contribution in [3.63, 3.8) is 0 Å². The van der Waals surface area contributed by atoms with Gasteiger partial charge in [0, 0.05) is 18.3 Å². The van der Waals surface area contributed by atoms with Crippen LogP contribution in [0.5, 0.6) is 0 Å². The van der Waals surface area contributed by atoms with Crippen molar-refractivity contribution in [3.05, 3.63) is 33.9 Å². The molecule has 1 unspecified atom stereocenters. The molecular formula is C10H10N4O4. The van der Waals surface area contributed by atoms with Crippen LogP contribution in [0.25, 0.3) is 0 Å². The fourth-order valence-electron chi connectivity index (χ4n) is 1.21. The zero-order valence-corrected chi connectivity index (χ0v) is 9.16. The van der Waals surface area contributed by atoms with E-state index in [4.69, 9.17) is 16.1 Å². The highest BCUT2D eigenvalue weighted by Gasteiger charge is 2.15. The minimum Gasteiger partial charge on any atom is -0.382 e. The smallest absolute Gasteiger partial charge is 0.287 e. The summed E-state index contributed by atoms with van der Waals surface area (Å²) in [5.74, 6) is -0.884. The number of carbonyl (C=O) groups excluding carboxylic acids is 1. The molecule has 94 valence electrons. The Morgan fingerprint density at radius 3 is 2.83 bits per heavy atom. The monoisotopic (exact) mass is 250 g/mol. The Bertz CT molecular complexity index is 523. The van der Waals surface area contributed by atoms with E-state index in [1.807, 2.05) is 0 Å². The predicted octanol–water partition coefficient (Wildman–Crippen LogP) is -0.275. The average molecular weight is 250 g/mol. The van der Waals surface area contributed by atoms with Crippen molar-refractivity contribution < 1.29 is 14.8 Å².